The van der Waals surface area contributed by atoms with Gasteiger partial charge >= 0.3 is 11.7 Å². The molecule has 0 N–H and O–H groups in total. The van der Waals surface area contributed by atoms with Gasteiger partial charge in [0.25, 0.3) is 5.56 Å². The molecule has 8 heteroatoms. The van der Waals surface area contributed by atoms with Crippen LogP contribution in [0, 0.1) is 0 Å². The van der Waals surface area contributed by atoms with E-state index in [1.54, 1.807) is 42.5 Å². The molecule has 0 aliphatic rings. The van der Waals surface area contributed by atoms with Crippen molar-refractivity contribution in [1.29, 1.82) is 0 Å². The second-order valence-corrected chi connectivity index (χ2v) is 7.82. The molecule has 0 unspecified atom stereocenters. The van der Waals surface area contributed by atoms with Crippen molar-refractivity contribution < 1.29 is 13.9 Å². The van der Waals surface area contributed by atoms with Crippen molar-refractivity contribution in [3.8, 4) is 0 Å². The number of nitrogens with zero attached hydrogens (tertiary/aromatic N) is 3. The minimum Gasteiger partial charge on any atom is -0.461 e. The number of rotatable bonds is 7. The number of aryl methyl sites for hydroxylation is 1. The highest BCUT2D eigenvalue weighted by atomic mass is 16.5. The minimum atomic E-state index is -0.623. The topological polar surface area (TPSA) is 96.3 Å². The second-order valence-electron chi connectivity index (χ2n) is 7.82. The number of aromatic nitrogens is 3. The number of carbonyl (C=O) groups excluding carboxylic acids is 1. The largest absolute Gasteiger partial charge is 0.461 e. The van der Waals surface area contributed by atoms with E-state index in [9.17, 15) is 14.4 Å². The predicted octanol–water partition coefficient (Wildman–Crippen LogP) is 3.60. The molecule has 2 aromatic heterocycles. The molecule has 34 heavy (non-hydrogen) atoms. The highest BCUT2D eigenvalue weighted by Crippen LogP contribution is 2.16. The van der Waals surface area contributed by atoms with Gasteiger partial charge in [-0.05, 0) is 30.2 Å². The number of ether oxygens (including phenoxy) is 1. The van der Waals surface area contributed by atoms with Crippen molar-refractivity contribution in [1.82, 2.24) is 14.3 Å². The van der Waals surface area contributed by atoms with Crippen molar-refractivity contribution in [3.05, 3.63) is 111 Å². The molecule has 3 aromatic carbocycles. The van der Waals surface area contributed by atoms with E-state index in [1.165, 1.54) is 9.25 Å². The Labute approximate surface area is 193 Å². The van der Waals surface area contributed by atoms with Crippen LogP contribution in [0.3, 0.4) is 0 Å². The van der Waals surface area contributed by atoms with E-state index in [0.29, 0.717) is 34.8 Å². The van der Waals surface area contributed by atoms with Gasteiger partial charge in [0.1, 0.15) is 0 Å². The number of fused-ring (bicyclic) bond motifs is 2. The molecular formula is C26H21N3O5. The monoisotopic (exact) mass is 455 g/mol. The number of hydrogen-bond donors (Lipinski definition) is 0. The van der Waals surface area contributed by atoms with Crippen LogP contribution in [0.1, 0.15) is 22.5 Å². The molecule has 0 saturated heterocycles. The van der Waals surface area contributed by atoms with Crippen molar-refractivity contribution in [3.63, 3.8) is 0 Å². The Kier molecular flexibility index (Phi) is 5.78. The highest BCUT2D eigenvalue weighted by Gasteiger charge is 2.18. The van der Waals surface area contributed by atoms with Crippen LogP contribution in [0.25, 0.3) is 21.9 Å². The van der Waals surface area contributed by atoms with E-state index < -0.39 is 11.7 Å². The van der Waals surface area contributed by atoms with E-state index in [-0.39, 0.29) is 24.4 Å². The zero-order valence-electron chi connectivity index (χ0n) is 18.2. The van der Waals surface area contributed by atoms with E-state index >= 15 is 0 Å². The Bertz CT molecular complexity index is 1600. The van der Waals surface area contributed by atoms with Gasteiger partial charge in [0.15, 0.2) is 11.3 Å². The van der Waals surface area contributed by atoms with Gasteiger partial charge in [0.05, 0.1) is 24.1 Å². The van der Waals surface area contributed by atoms with Crippen LogP contribution in [0.2, 0.25) is 0 Å². The molecule has 0 aliphatic carbocycles. The molecule has 0 saturated carbocycles. The van der Waals surface area contributed by atoms with Gasteiger partial charge in [-0.2, -0.15) is 5.10 Å². The van der Waals surface area contributed by atoms with Crippen molar-refractivity contribution in [2.45, 2.75) is 19.5 Å². The molecule has 0 aliphatic heterocycles. The summed E-state index contributed by atoms with van der Waals surface area (Å²) < 4.78 is 13.5. The quantitative estimate of drug-likeness (QED) is 0.275. The molecule has 2 heterocycles. The van der Waals surface area contributed by atoms with Crippen molar-refractivity contribution in [2.75, 3.05) is 6.61 Å². The Balaban J connectivity index is 1.35. The Hall–Kier alpha value is -4.46. The van der Waals surface area contributed by atoms with Crippen LogP contribution < -0.4 is 11.3 Å². The fourth-order valence-corrected chi connectivity index (χ4v) is 3.93. The van der Waals surface area contributed by atoms with Crippen LogP contribution in [-0.4, -0.2) is 26.9 Å². The van der Waals surface area contributed by atoms with Crippen LogP contribution in [0.15, 0.2) is 92.9 Å². The van der Waals surface area contributed by atoms with Crippen molar-refractivity contribution in [2.24, 2.45) is 0 Å². The summed E-state index contributed by atoms with van der Waals surface area (Å²) in [6, 6.07) is 23.5. The van der Waals surface area contributed by atoms with Gasteiger partial charge in [0, 0.05) is 11.9 Å². The molecule has 5 aromatic rings. The predicted molar refractivity (Wildman–Crippen MR) is 127 cm³/mol. The first kappa shape index (κ1) is 21.4. The molecular weight excluding hydrogens is 434 g/mol. The van der Waals surface area contributed by atoms with Crippen LogP contribution >= 0.6 is 0 Å². The van der Waals surface area contributed by atoms with Crippen LogP contribution in [0.4, 0.5) is 0 Å². The number of para-hydroxylation sites is 2. The summed E-state index contributed by atoms with van der Waals surface area (Å²) in [4.78, 5) is 38.0. The lowest BCUT2D eigenvalue weighted by Gasteiger charge is -2.11. The number of carbonyl (C=O) groups is 1. The number of benzene rings is 3. The fourth-order valence-electron chi connectivity index (χ4n) is 3.93. The molecule has 170 valence electrons. The Morgan fingerprint density at radius 1 is 0.882 bits per heavy atom. The third-order valence-electron chi connectivity index (χ3n) is 5.57. The Morgan fingerprint density at radius 3 is 2.41 bits per heavy atom. The smallest absolute Gasteiger partial charge is 0.419 e. The third kappa shape index (κ3) is 4.13. The maximum atomic E-state index is 12.9. The summed E-state index contributed by atoms with van der Waals surface area (Å²) in [6.07, 6.45) is 0.413. The minimum absolute atomic E-state index is 0.0806. The third-order valence-corrected chi connectivity index (χ3v) is 5.57. The summed E-state index contributed by atoms with van der Waals surface area (Å²) >= 11 is 0. The summed E-state index contributed by atoms with van der Waals surface area (Å²) in [5.74, 6) is -1.07. The average molecular weight is 455 g/mol. The SMILES string of the molecule is O=C(OCCCn1c(=O)oc2ccccc21)c1nn(Cc2ccccc2)c(=O)c2ccccc12. The van der Waals surface area contributed by atoms with E-state index in [0.717, 1.165) is 5.56 Å². The zero-order chi connectivity index (χ0) is 23.5. The molecule has 0 spiro atoms. The maximum absolute atomic E-state index is 12.9. The van der Waals surface area contributed by atoms with Gasteiger partial charge < -0.3 is 9.15 Å². The maximum Gasteiger partial charge on any atom is 0.419 e. The molecule has 5 rings (SSSR count). The average Bonchev–Trinajstić information content (AvgIpc) is 3.19. The lowest BCUT2D eigenvalue weighted by atomic mass is 10.1. The number of hydrogen-bond acceptors (Lipinski definition) is 6. The van der Waals surface area contributed by atoms with Crippen molar-refractivity contribution >= 4 is 27.8 Å². The molecule has 0 atom stereocenters. The first-order chi connectivity index (χ1) is 16.6. The first-order valence-corrected chi connectivity index (χ1v) is 10.9. The van der Waals surface area contributed by atoms with Crippen LogP contribution in [-0.2, 0) is 17.8 Å². The zero-order valence-corrected chi connectivity index (χ0v) is 18.2. The Morgan fingerprint density at radius 2 is 1.59 bits per heavy atom. The van der Waals surface area contributed by atoms with Crippen LogP contribution in [0.5, 0.6) is 0 Å². The van der Waals surface area contributed by atoms with Gasteiger partial charge in [-0.3, -0.25) is 9.36 Å². The molecule has 0 radical (unpaired) electrons. The molecule has 0 bridgehead atoms. The van der Waals surface area contributed by atoms with Gasteiger partial charge in [-0.1, -0.05) is 60.7 Å². The standard InChI is InChI=1S/C26H21N3O5/c30-24-20-12-5-4-11-19(20)23(27-29(24)17-18-9-2-1-3-10-18)25(31)33-16-8-15-28-21-13-6-7-14-22(21)34-26(28)32/h1-7,9-14H,8,15-17H2. The summed E-state index contributed by atoms with van der Waals surface area (Å²) in [7, 11) is 0. The van der Waals surface area contributed by atoms with E-state index in [2.05, 4.69) is 5.10 Å². The lowest BCUT2D eigenvalue weighted by molar-refractivity contribution is 0.0488. The number of esters is 1. The summed E-state index contributed by atoms with van der Waals surface area (Å²) in [6.45, 7) is 0.657. The summed E-state index contributed by atoms with van der Waals surface area (Å²) in [5, 5.41) is 5.18. The number of oxazole rings is 1. The lowest BCUT2D eigenvalue weighted by Crippen LogP contribution is -2.27. The second kappa shape index (κ2) is 9.19. The van der Waals surface area contributed by atoms with Gasteiger partial charge in [-0.25, -0.2) is 14.3 Å². The molecule has 0 fully saturated rings. The summed E-state index contributed by atoms with van der Waals surface area (Å²) in [5.41, 5.74) is 1.91. The first-order valence-electron chi connectivity index (χ1n) is 10.9. The normalized spacial score (nSPS) is 11.2. The van der Waals surface area contributed by atoms with E-state index in [1.807, 2.05) is 36.4 Å². The fraction of sp³-hybridized carbons (Fsp3) is 0.154. The molecule has 0 amide bonds. The van der Waals surface area contributed by atoms with Gasteiger partial charge in [-0.15, -0.1) is 0 Å². The van der Waals surface area contributed by atoms with Gasteiger partial charge in [0.2, 0.25) is 0 Å². The van der Waals surface area contributed by atoms with E-state index in [4.69, 9.17) is 9.15 Å². The highest BCUT2D eigenvalue weighted by molar-refractivity contribution is 6.02. The molecule has 8 nitrogen and oxygen atoms in total.